The molecular formula is C13H21N3O3S. The molecule has 0 saturated carbocycles. The molecule has 0 bridgehead atoms. The van der Waals surface area contributed by atoms with Crippen LogP contribution in [-0.4, -0.2) is 27.6 Å². The number of nitrogens with one attached hydrogen (secondary N) is 2. The number of hydrogen-bond donors (Lipinski definition) is 3. The first kappa shape index (κ1) is 16.4. The quantitative estimate of drug-likeness (QED) is 0.751. The Morgan fingerprint density at radius 2 is 2.15 bits per heavy atom. The number of urea groups is 1. The molecule has 0 fully saturated rings. The molecule has 0 spiro atoms. The average Bonchev–Trinajstić information content (AvgIpc) is 2.74. The van der Waals surface area contributed by atoms with E-state index in [1.54, 1.807) is 25.2 Å². The molecule has 2 amide bonds. The number of carboxylic acid groups (broad SMARTS) is 1. The highest BCUT2D eigenvalue weighted by atomic mass is 32.1. The van der Waals surface area contributed by atoms with E-state index >= 15 is 0 Å². The van der Waals surface area contributed by atoms with Crippen molar-refractivity contribution < 1.29 is 14.7 Å². The van der Waals surface area contributed by atoms with Gasteiger partial charge in [0.05, 0.1) is 12.5 Å². The van der Waals surface area contributed by atoms with Gasteiger partial charge < -0.3 is 15.7 Å². The second-order valence-corrected chi connectivity index (χ2v) is 6.44. The van der Waals surface area contributed by atoms with Gasteiger partial charge in [0.2, 0.25) is 0 Å². The second-order valence-electron chi connectivity index (χ2n) is 5.29. The number of thiazole rings is 1. The SMILES string of the molecule is CCc1cnc(C(C)NC(=O)NC(C)(C)CC(=O)O)s1. The van der Waals surface area contributed by atoms with Crippen LogP contribution in [0.25, 0.3) is 0 Å². The van der Waals surface area contributed by atoms with Gasteiger partial charge in [-0.2, -0.15) is 0 Å². The van der Waals surface area contributed by atoms with Gasteiger partial charge in [-0.15, -0.1) is 11.3 Å². The third-order valence-corrected chi connectivity index (χ3v) is 4.01. The first-order chi connectivity index (χ1) is 9.23. The molecule has 112 valence electrons. The molecule has 1 aromatic rings. The van der Waals surface area contributed by atoms with Crippen molar-refractivity contribution in [2.45, 2.75) is 52.1 Å². The number of nitrogens with zero attached hydrogens (tertiary/aromatic N) is 1. The van der Waals surface area contributed by atoms with E-state index in [1.807, 2.05) is 13.1 Å². The maximum absolute atomic E-state index is 11.9. The third kappa shape index (κ3) is 5.16. The topological polar surface area (TPSA) is 91.3 Å². The van der Waals surface area contributed by atoms with Crippen LogP contribution in [-0.2, 0) is 11.2 Å². The monoisotopic (exact) mass is 299 g/mol. The lowest BCUT2D eigenvalue weighted by Crippen LogP contribution is -2.49. The van der Waals surface area contributed by atoms with Crippen molar-refractivity contribution in [3.05, 3.63) is 16.1 Å². The summed E-state index contributed by atoms with van der Waals surface area (Å²) in [6, 6.07) is -0.599. The third-order valence-electron chi connectivity index (χ3n) is 2.68. The summed E-state index contributed by atoms with van der Waals surface area (Å²) in [4.78, 5) is 28.0. The normalized spacial score (nSPS) is 12.8. The van der Waals surface area contributed by atoms with Gasteiger partial charge in [0, 0.05) is 16.6 Å². The van der Waals surface area contributed by atoms with E-state index < -0.39 is 17.5 Å². The summed E-state index contributed by atoms with van der Waals surface area (Å²) >= 11 is 1.56. The summed E-state index contributed by atoms with van der Waals surface area (Å²) in [7, 11) is 0. The Hall–Kier alpha value is -1.63. The molecule has 1 rings (SSSR count). The summed E-state index contributed by atoms with van der Waals surface area (Å²) in [6.45, 7) is 7.24. The summed E-state index contributed by atoms with van der Waals surface area (Å²) < 4.78 is 0. The number of carboxylic acids is 1. The maximum atomic E-state index is 11.9. The summed E-state index contributed by atoms with van der Waals surface area (Å²) in [5.74, 6) is -0.948. The lowest BCUT2D eigenvalue weighted by Gasteiger charge is -2.25. The molecule has 7 heteroatoms. The molecule has 3 N–H and O–H groups in total. The fraction of sp³-hybridized carbons (Fsp3) is 0.615. The zero-order valence-electron chi connectivity index (χ0n) is 12.2. The fourth-order valence-electron chi connectivity index (χ4n) is 1.71. The Balaban J connectivity index is 2.55. The van der Waals surface area contributed by atoms with Crippen molar-refractivity contribution in [2.75, 3.05) is 0 Å². The van der Waals surface area contributed by atoms with Crippen molar-refractivity contribution in [1.29, 1.82) is 0 Å². The predicted octanol–water partition coefficient (Wildman–Crippen LogP) is 2.32. The van der Waals surface area contributed by atoms with E-state index in [-0.39, 0.29) is 12.5 Å². The smallest absolute Gasteiger partial charge is 0.315 e. The number of aliphatic carboxylic acids is 1. The largest absolute Gasteiger partial charge is 0.481 e. The van der Waals surface area contributed by atoms with Crippen molar-refractivity contribution in [1.82, 2.24) is 15.6 Å². The minimum Gasteiger partial charge on any atom is -0.481 e. The molecule has 0 aromatic carbocycles. The van der Waals surface area contributed by atoms with Crippen molar-refractivity contribution in [3.8, 4) is 0 Å². The summed E-state index contributed by atoms with van der Waals surface area (Å²) in [6.07, 6.45) is 2.60. The minimum absolute atomic E-state index is 0.133. The first-order valence-corrected chi connectivity index (χ1v) is 7.30. The van der Waals surface area contributed by atoms with Gasteiger partial charge >= 0.3 is 12.0 Å². The second kappa shape index (κ2) is 6.69. The molecular weight excluding hydrogens is 278 g/mol. The van der Waals surface area contributed by atoms with Crippen LogP contribution in [0, 0.1) is 0 Å². The molecule has 0 saturated heterocycles. The Bertz CT molecular complexity index is 485. The standard InChI is InChI=1S/C13H21N3O3S/c1-5-9-7-14-11(20-9)8(2)15-12(19)16-13(3,4)6-10(17)18/h7-8H,5-6H2,1-4H3,(H,17,18)(H2,15,16,19). The van der Waals surface area contributed by atoms with Gasteiger partial charge in [-0.1, -0.05) is 6.92 Å². The Labute approximate surface area is 122 Å². The lowest BCUT2D eigenvalue weighted by atomic mass is 10.0. The van der Waals surface area contributed by atoms with Crippen LogP contribution in [0.5, 0.6) is 0 Å². The van der Waals surface area contributed by atoms with Crippen molar-refractivity contribution >= 4 is 23.3 Å². The van der Waals surface area contributed by atoms with Crippen molar-refractivity contribution in [3.63, 3.8) is 0 Å². The number of hydrogen-bond acceptors (Lipinski definition) is 4. The predicted molar refractivity (Wildman–Crippen MR) is 77.9 cm³/mol. The molecule has 20 heavy (non-hydrogen) atoms. The van der Waals surface area contributed by atoms with Gasteiger partial charge in [-0.05, 0) is 27.2 Å². The summed E-state index contributed by atoms with van der Waals surface area (Å²) in [5.41, 5.74) is -0.799. The highest BCUT2D eigenvalue weighted by molar-refractivity contribution is 7.11. The highest BCUT2D eigenvalue weighted by Gasteiger charge is 2.24. The van der Waals surface area contributed by atoms with E-state index in [2.05, 4.69) is 22.5 Å². The van der Waals surface area contributed by atoms with Gasteiger partial charge in [-0.25, -0.2) is 9.78 Å². The minimum atomic E-state index is -0.948. The first-order valence-electron chi connectivity index (χ1n) is 6.48. The van der Waals surface area contributed by atoms with E-state index in [1.165, 1.54) is 4.88 Å². The molecule has 1 heterocycles. The average molecular weight is 299 g/mol. The Morgan fingerprint density at radius 3 is 2.65 bits per heavy atom. The van der Waals surface area contributed by atoms with Crippen molar-refractivity contribution in [2.24, 2.45) is 0 Å². The van der Waals surface area contributed by atoms with E-state index in [9.17, 15) is 9.59 Å². The Morgan fingerprint density at radius 1 is 1.50 bits per heavy atom. The fourth-order valence-corrected chi connectivity index (χ4v) is 2.57. The van der Waals surface area contributed by atoms with Gasteiger partial charge in [0.1, 0.15) is 5.01 Å². The number of aromatic nitrogens is 1. The number of aryl methyl sites for hydroxylation is 1. The van der Waals surface area contributed by atoms with Gasteiger partial charge in [-0.3, -0.25) is 4.79 Å². The Kier molecular flexibility index (Phi) is 5.50. The van der Waals surface area contributed by atoms with Gasteiger partial charge in [0.25, 0.3) is 0 Å². The zero-order valence-corrected chi connectivity index (χ0v) is 13.0. The molecule has 1 aromatic heterocycles. The number of rotatable bonds is 6. The lowest BCUT2D eigenvalue weighted by molar-refractivity contribution is -0.138. The van der Waals surface area contributed by atoms with Crippen LogP contribution in [0.1, 0.15) is 50.0 Å². The van der Waals surface area contributed by atoms with Gasteiger partial charge in [0.15, 0.2) is 0 Å². The molecule has 6 nitrogen and oxygen atoms in total. The molecule has 0 aliphatic carbocycles. The van der Waals surface area contributed by atoms with Crippen LogP contribution >= 0.6 is 11.3 Å². The molecule has 0 radical (unpaired) electrons. The van der Waals surface area contributed by atoms with Crippen LogP contribution < -0.4 is 10.6 Å². The van der Waals surface area contributed by atoms with E-state index in [0.29, 0.717) is 0 Å². The molecule has 1 unspecified atom stereocenters. The molecule has 0 aliphatic rings. The van der Waals surface area contributed by atoms with Crippen LogP contribution in [0.3, 0.4) is 0 Å². The van der Waals surface area contributed by atoms with Crippen LogP contribution in [0.15, 0.2) is 6.20 Å². The van der Waals surface area contributed by atoms with Crippen LogP contribution in [0.4, 0.5) is 4.79 Å². The number of amides is 2. The van der Waals surface area contributed by atoms with E-state index in [4.69, 9.17) is 5.11 Å². The number of carbonyl (C=O) groups is 2. The van der Waals surface area contributed by atoms with Crippen LogP contribution in [0.2, 0.25) is 0 Å². The summed E-state index contributed by atoms with van der Waals surface area (Å²) in [5, 5.41) is 15.0. The maximum Gasteiger partial charge on any atom is 0.315 e. The van der Waals surface area contributed by atoms with E-state index in [0.717, 1.165) is 11.4 Å². The number of carbonyl (C=O) groups excluding carboxylic acids is 1. The molecule has 0 aliphatic heterocycles. The zero-order chi connectivity index (χ0) is 15.3. The molecule has 1 atom stereocenters. The highest BCUT2D eigenvalue weighted by Crippen LogP contribution is 2.20.